The fourth-order valence-electron chi connectivity index (χ4n) is 1.76. The van der Waals surface area contributed by atoms with Gasteiger partial charge < -0.3 is 0 Å². The summed E-state index contributed by atoms with van der Waals surface area (Å²) in [5.74, 6) is 0. The van der Waals surface area contributed by atoms with E-state index in [4.69, 9.17) is 0 Å². The summed E-state index contributed by atoms with van der Waals surface area (Å²) < 4.78 is 1.24. The average Bonchev–Trinajstić information content (AvgIpc) is 2.15. The molecular formula is C13H19Br. The van der Waals surface area contributed by atoms with Gasteiger partial charge in [0.15, 0.2) is 0 Å². The molecule has 0 fully saturated rings. The van der Waals surface area contributed by atoms with Crippen molar-refractivity contribution in [3.8, 4) is 0 Å². The summed E-state index contributed by atoms with van der Waals surface area (Å²) in [4.78, 5) is 0. The van der Waals surface area contributed by atoms with Gasteiger partial charge in [0, 0.05) is 4.47 Å². The van der Waals surface area contributed by atoms with Crippen LogP contribution in [0.1, 0.15) is 45.6 Å². The molecule has 0 saturated carbocycles. The van der Waals surface area contributed by atoms with Gasteiger partial charge in [-0.05, 0) is 23.5 Å². The molecule has 0 spiro atoms. The van der Waals surface area contributed by atoms with Crippen LogP contribution >= 0.6 is 15.9 Å². The Morgan fingerprint density at radius 2 is 1.86 bits per heavy atom. The van der Waals surface area contributed by atoms with E-state index in [0.29, 0.717) is 0 Å². The summed E-state index contributed by atoms with van der Waals surface area (Å²) in [6, 6.07) is 8.54. The normalized spacial score (nSPS) is 11.7. The molecule has 0 aliphatic carbocycles. The molecule has 0 aliphatic rings. The van der Waals surface area contributed by atoms with E-state index >= 15 is 0 Å². The highest BCUT2D eigenvalue weighted by Crippen LogP contribution is 2.33. The third-order valence-corrected chi connectivity index (χ3v) is 3.45. The molecule has 1 heteroatoms. The first-order valence-electron chi connectivity index (χ1n) is 5.33. The van der Waals surface area contributed by atoms with Crippen LogP contribution in [0.3, 0.4) is 0 Å². The predicted molar refractivity (Wildman–Crippen MR) is 66.7 cm³/mol. The van der Waals surface area contributed by atoms with E-state index in [1.165, 1.54) is 29.3 Å². The minimum absolute atomic E-state index is 0.288. The van der Waals surface area contributed by atoms with Crippen molar-refractivity contribution in [3.05, 3.63) is 34.3 Å². The molecule has 0 aromatic heterocycles. The third kappa shape index (κ3) is 2.84. The Labute approximate surface area is 95.9 Å². The van der Waals surface area contributed by atoms with Gasteiger partial charge in [-0.1, -0.05) is 67.7 Å². The molecule has 14 heavy (non-hydrogen) atoms. The van der Waals surface area contributed by atoms with Crippen molar-refractivity contribution in [2.24, 2.45) is 0 Å². The number of unbranched alkanes of at least 4 members (excludes halogenated alkanes) is 1. The standard InChI is InChI=1S/C13H19Br/c1-4-5-10-13(2,3)11-8-6-7-9-12(11)14/h6-9H,4-5,10H2,1-3H3. The van der Waals surface area contributed by atoms with Crippen LogP contribution in [0.4, 0.5) is 0 Å². The van der Waals surface area contributed by atoms with Crippen molar-refractivity contribution >= 4 is 15.9 Å². The molecule has 0 aliphatic heterocycles. The fraction of sp³-hybridized carbons (Fsp3) is 0.538. The van der Waals surface area contributed by atoms with Crippen LogP contribution in [-0.2, 0) is 5.41 Å². The minimum Gasteiger partial charge on any atom is -0.0654 e. The van der Waals surface area contributed by atoms with E-state index in [1.807, 2.05) is 0 Å². The van der Waals surface area contributed by atoms with Crippen LogP contribution in [0.15, 0.2) is 28.7 Å². The van der Waals surface area contributed by atoms with Crippen molar-refractivity contribution in [3.63, 3.8) is 0 Å². The smallest absolute Gasteiger partial charge is 0.0212 e. The first-order valence-corrected chi connectivity index (χ1v) is 6.12. The van der Waals surface area contributed by atoms with Crippen molar-refractivity contribution < 1.29 is 0 Å². The second-order valence-corrected chi connectivity index (χ2v) is 5.32. The van der Waals surface area contributed by atoms with Gasteiger partial charge >= 0.3 is 0 Å². The van der Waals surface area contributed by atoms with E-state index in [0.717, 1.165) is 0 Å². The number of benzene rings is 1. The summed E-state index contributed by atoms with van der Waals surface area (Å²) in [6.45, 7) is 6.89. The fourth-order valence-corrected chi connectivity index (χ4v) is 2.58. The summed E-state index contributed by atoms with van der Waals surface area (Å²) in [6.07, 6.45) is 3.83. The van der Waals surface area contributed by atoms with Crippen LogP contribution in [0.2, 0.25) is 0 Å². The first-order chi connectivity index (χ1) is 6.58. The summed E-state index contributed by atoms with van der Waals surface area (Å²) in [5.41, 5.74) is 1.71. The van der Waals surface area contributed by atoms with E-state index in [1.54, 1.807) is 0 Å². The zero-order valence-corrected chi connectivity index (χ0v) is 10.9. The lowest BCUT2D eigenvalue weighted by Gasteiger charge is -2.26. The van der Waals surface area contributed by atoms with E-state index < -0.39 is 0 Å². The molecule has 1 aromatic rings. The lowest BCUT2D eigenvalue weighted by Crippen LogP contribution is -2.17. The number of hydrogen-bond acceptors (Lipinski definition) is 0. The van der Waals surface area contributed by atoms with Gasteiger partial charge in [0.1, 0.15) is 0 Å². The highest BCUT2D eigenvalue weighted by molar-refractivity contribution is 9.10. The average molecular weight is 255 g/mol. The molecule has 0 saturated heterocycles. The molecule has 1 rings (SSSR count). The number of halogens is 1. The largest absolute Gasteiger partial charge is 0.0654 e. The van der Waals surface area contributed by atoms with Gasteiger partial charge in [-0.2, -0.15) is 0 Å². The molecule has 1 aromatic carbocycles. The maximum Gasteiger partial charge on any atom is 0.0212 e. The number of rotatable bonds is 4. The highest BCUT2D eigenvalue weighted by Gasteiger charge is 2.21. The maximum absolute atomic E-state index is 3.62. The summed E-state index contributed by atoms with van der Waals surface area (Å²) in [7, 11) is 0. The lowest BCUT2D eigenvalue weighted by atomic mass is 9.80. The molecule has 78 valence electrons. The molecule has 0 amide bonds. The van der Waals surface area contributed by atoms with Gasteiger partial charge in [0.05, 0.1) is 0 Å². The Morgan fingerprint density at radius 1 is 1.21 bits per heavy atom. The monoisotopic (exact) mass is 254 g/mol. The summed E-state index contributed by atoms with van der Waals surface area (Å²) in [5, 5.41) is 0. The zero-order valence-electron chi connectivity index (χ0n) is 9.31. The van der Waals surface area contributed by atoms with Crippen LogP contribution < -0.4 is 0 Å². The van der Waals surface area contributed by atoms with Crippen molar-refractivity contribution in [1.82, 2.24) is 0 Å². The molecule has 0 radical (unpaired) electrons. The lowest BCUT2D eigenvalue weighted by molar-refractivity contribution is 0.456. The Hall–Kier alpha value is -0.300. The Balaban J connectivity index is 2.86. The van der Waals surface area contributed by atoms with E-state index in [9.17, 15) is 0 Å². The highest BCUT2D eigenvalue weighted by atomic mass is 79.9. The van der Waals surface area contributed by atoms with Gasteiger partial charge in [-0.25, -0.2) is 0 Å². The molecular weight excluding hydrogens is 236 g/mol. The molecule has 0 N–H and O–H groups in total. The van der Waals surface area contributed by atoms with Crippen molar-refractivity contribution in [2.45, 2.75) is 45.4 Å². The van der Waals surface area contributed by atoms with Crippen molar-refractivity contribution in [1.29, 1.82) is 0 Å². The second kappa shape index (κ2) is 4.97. The SMILES string of the molecule is CCCCC(C)(C)c1ccccc1Br. The molecule has 0 nitrogen and oxygen atoms in total. The maximum atomic E-state index is 3.62. The Kier molecular flexibility index (Phi) is 4.18. The third-order valence-electron chi connectivity index (χ3n) is 2.76. The Bertz CT molecular complexity index is 289. The van der Waals surface area contributed by atoms with Crippen LogP contribution in [-0.4, -0.2) is 0 Å². The predicted octanol–water partition coefficient (Wildman–Crippen LogP) is 4.92. The van der Waals surface area contributed by atoms with Crippen LogP contribution in [0.25, 0.3) is 0 Å². The molecule has 0 atom stereocenters. The quantitative estimate of drug-likeness (QED) is 0.716. The van der Waals surface area contributed by atoms with E-state index in [2.05, 4.69) is 61.0 Å². The van der Waals surface area contributed by atoms with Crippen LogP contribution in [0, 0.1) is 0 Å². The Morgan fingerprint density at radius 3 is 2.43 bits per heavy atom. The van der Waals surface area contributed by atoms with Gasteiger partial charge in [0.2, 0.25) is 0 Å². The first kappa shape index (κ1) is 11.8. The molecule has 0 bridgehead atoms. The number of hydrogen-bond donors (Lipinski definition) is 0. The zero-order chi connectivity index (χ0) is 10.6. The van der Waals surface area contributed by atoms with Gasteiger partial charge in [0.25, 0.3) is 0 Å². The van der Waals surface area contributed by atoms with E-state index in [-0.39, 0.29) is 5.41 Å². The summed E-state index contributed by atoms with van der Waals surface area (Å²) >= 11 is 3.62. The second-order valence-electron chi connectivity index (χ2n) is 4.47. The van der Waals surface area contributed by atoms with Gasteiger partial charge in [-0.15, -0.1) is 0 Å². The van der Waals surface area contributed by atoms with Gasteiger partial charge in [-0.3, -0.25) is 0 Å². The minimum atomic E-state index is 0.288. The molecule has 0 unspecified atom stereocenters. The van der Waals surface area contributed by atoms with Crippen LogP contribution in [0.5, 0.6) is 0 Å². The molecule has 0 heterocycles. The van der Waals surface area contributed by atoms with Crippen molar-refractivity contribution in [2.75, 3.05) is 0 Å². The topological polar surface area (TPSA) is 0 Å².